The summed E-state index contributed by atoms with van der Waals surface area (Å²) in [6.45, 7) is 7.73. The van der Waals surface area contributed by atoms with E-state index in [9.17, 15) is 9.59 Å². The number of amides is 2. The second-order valence-corrected chi connectivity index (χ2v) is 6.78. The summed E-state index contributed by atoms with van der Waals surface area (Å²) in [6.07, 6.45) is 4.74. The highest BCUT2D eigenvalue weighted by atomic mass is 16.4. The molecule has 2 amide bonds. The van der Waals surface area contributed by atoms with Crippen molar-refractivity contribution >= 4 is 12.0 Å². The number of carbonyl (C=O) groups is 2. The molecule has 0 aromatic rings. The van der Waals surface area contributed by atoms with Crippen LogP contribution in [0.25, 0.3) is 0 Å². The van der Waals surface area contributed by atoms with E-state index >= 15 is 0 Å². The maximum absolute atomic E-state index is 12.1. The zero-order valence-corrected chi connectivity index (χ0v) is 12.5. The van der Waals surface area contributed by atoms with E-state index in [-0.39, 0.29) is 17.4 Å². The van der Waals surface area contributed by atoms with Crippen LogP contribution in [0.1, 0.15) is 40.0 Å². The highest BCUT2D eigenvalue weighted by molar-refractivity contribution is 5.83. The summed E-state index contributed by atoms with van der Waals surface area (Å²) in [6, 6.07) is -0.982. The number of carboxylic acids is 1. The van der Waals surface area contributed by atoms with Gasteiger partial charge in [-0.3, -0.25) is 0 Å². The maximum atomic E-state index is 12.1. The molecule has 2 aliphatic rings. The molecule has 0 radical (unpaired) electrons. The Morgan fingerprint density at radius 2 is 2.05 bits per heavy atom. The minimum Gasteiger partial charge on any atom is -0.480 e. The van der Waals surface area contributed by atoms with Crippen molar-refractivity contribution in [3.05, 3.63) is 11.6 Å². The molecule has 1 heterocycles. The lowest BCUT2D eigenvalue weighted by molar-refractivity contribution is -0.139. The third-order valence-corrected chi connectivity index (χ3v) is 4.10. The van der Waals surface area contributed by atoms with Crippen LogP contribution >= 0.6 is 0 Å². The van der Waals surface area contributed by atoms with Gasteiger partial charge in [-0.15, -0.1) is 0 Å². The summed E-state index contributed by atoms with van der Waals surface area (Å²) >= 11 is 0. The van der Waals surface area contributed by atoms with Crippen molar-refractivity contribution in [3.63, 3.8) is 0 Å². The number of nitrogens with one attached hydrogen (secondary N) is 1. The van der Waals surface area contributed by atoms with Crippen LogP contribution in [0.5, 0.6) is 0 Å². The van der Waals surface area contributed by atoms with Crippen molar-refractivity contribution in [1.82, 2.24) is 10.2 Å². The van der Waals surface area contributed by atoms with Crippen LogP contribution in [-0.2, 0) is 4.79 Å². The normalized spacial score (nSPS) is 21.1. The van der Waals surface area contributed by atoms with E-state index in [0.717, 1.165) is 19.3 Å². The fourth-order valence-corrected chi connectivity index (χ4v) is 2.57. The van der Waals surface area contributed by atoms with Crippen molar-refractivity contribution in [1.29, 1.82) is 0 Å². The molecule has 0 saturated heterocycles. The van der Waals surface area contributed by atoms with Gasteiger partial charge in [-0.2, -0.15) is 0 Å². The van der Waals surface area contributed by atoms with Gasteiger partial charge in [0.1, 0.15) is 6.04 Å². The number of carboxylic acid groups (broad SMARTS) is 1. The Balaban J connectivity index is 1.91. The Hall–Kier alpha value is -1.52. The third kappa shape index (κ3) is 3.52. The number of rotatable bonds is 3. The van der Waals surface area contributed by atoms with Gasteiger partial charge in [0.25, 0.3) is 0 Å². The quantitative estimate of drug-likeness (QED) is 0.779. The monoisotopic (exact) mass is 280 g/mol. The van der Waals surface area contributed by atoms with E-state index in [1.165, 1.54) is 5.57 Å². The molecule has 1 aliphatic carbocycles. The second-order valence-electron chi connectivity index (χ2n) is 6.78. The molecule has 1 unspecified atom stereocenters. The van der Waals surface area contributed by atoms with Gasteiger partial charge in [-0.25, -0.2) is 9.59 Å². The van der Waals surface area contributed by atoms with Crippen LogP contribution in [0.15, 0.2) is 11.6 Å². The Bertz CT molecular complexity index is 433. The molecule has 1 aliphatic heterocycles. The van der Waals surface area contributed by atoms with Gasteiger partial charge >= 0.3 is 12.0 Å². The zero-order valence-electron chi connectivity index (χ0n) is 12.5. The molecule has 0 bridgehead atoms. The molecule has 20 heavy (non-hydrogen) atoms. The Labute approximate surface area is 120 Å². The first-order valence-corrected chi connectivity index (χ1v) is 7.27. The van der Waals surface area contributed by atoms with Crippen molar-refractivity contribution in [2.24, 2.45) is 11.3 Å². The largest absolute Gasteiger partial charge is 0.480 e. The number of aliphatic carboxylic acids is 1. The smallest absolute Gasteiger partial charge is 0.326 e. The summed E-state index contributed by atoms with van der Waals surface area (Å²) in [5, 5.41) is 11.8. The Kier molecular flexibility index (Phi) is 4.06. The molecule has 5 heteroatoms. The van der Waals surface area contributed by atoms with E-state index in [2.05, 4.69) is 32.2 Å². The molecule has 1 atom stereocenters. The predicted octanol–water partition coefficient (Wildman–Crippen LogP) is 2.24. The molecular formula is C15H24N2O3. The van der Waals surface area contributed by atoms with Gasteiger partial charge in [0, 0.05) is 13.1 Å². The van der Waals surface area contributed by atoms with Crippen LogP contribution in [0, 0.1) is 11.3 Å². The summed E-state index contributed by atoms with van der Waals surface area (Å²) < 4.78 is 0. The van der Waals surface area contributed by atoms with E-state index in [1.807, 2.05) is 0 Å². The molecule has 0 aromatic carbocycles. The first-order chi connectivity index (χ1) is 9.29. The molecule has 2 N–H and O–H groups in total. The van der Waals surface area contributed by atoms with Gasteiger partial charge in [-0.1, -0.05) is 32.4 Å². The van der Waals surface area contributed by atoms with Crippen LogP contribution in [-0.4, -0.2) is 41.1 Å². The number of hydrogen-bond donors (Lipinski definition) is 2. The minimum absolute atomic E-state index is 0.113. The van der Waals surface area contributed by atoms with Crippen LogP contribution in [0.4, 0.5) is 4.79 Å². The lowest BCUT2D eigenvalue weighted by atomic mass is 9.83. The van der Waals surface area contributed by atoms with Gasteiger partial charge in [0.05, 0.1) is 0 Å². The van der Waals surface area contributed by atoms with Crippen molar-refractivity contribution in [2.75, 3.05) is 13.1 Å². The van der Waals surface area contributed by atoms with Crippen LogP contribution in [0.3, 0.4) is 0 Å². The number of carbonyl (C=O) groups excluding carboxylic acids is 1. The summed E-state index contributed by atoms with van der Waals surface area (Å²) in [4.78, 5) is 24.9. The molecule has 1 fully saturated rings. The molecule has 2 rings (SSSR count). The first kappa shape index (κ1) is 14.9. The average molecular weight is 280 g/mol. The lowest BCUT2D eigenvalue weighted by Gasteiger charge is -2.32. The molecule has 5 nitrogen and oxygen atoms in total. The van der Waals surface area contributed by atoms with Gasteiger partial charge in [-0.05, 0) is 30.6 Å². The number of urea groups is 1. The Morgan fingerprint density at radius 1 is 1.40 bits per heavy atom. The van der Waals surface area contributed by atoms with Gasteiger partial charge in [0.15, 0.2) is 0 Å². The van der Waals surface area contributed by atoms with Crippen molar-refractivity contribution in [2.45, 2.75) is 46.1 Å². The fourth-order valence-electron chi connectivity index (χ4n) is 2.57. The highest BCUT2D eigenvalue weighted by Gasteiger charge is 2.38. The standard InChI is InChI=1S/C15H24N2O3/c1-15(2,3)11-6-8-17(9-7-11)14(20)16-12(13(18)19)10-4-5-10/h6,10,12H,4-5,7-9H2,1-3H3,(H,16,20)(H,18,19). The van der Waals surface area contributed by atoms with E-state index in [4.69, 9.17) is 5.11 Å². The van der Waals surface area contributed by atoms with E-state index in [0.29, 0.717) is 13.1 Å². The highest BCUT2D eigenvalue weighted by Crippen LogP contribution is 2.33. The van der Waals surface area contributed by atoms with E-state index < -0.39 is 12.0 Å². The minimum atomic E-state index is -0.927. The fraction of sp³-hybridized carbons (Fsp3) is 0.733. The van der Waals surface area contributed by atoms with Crippen molar-refractivity contribution in [3.8, 4) is 0 Å². The van der Waals surface area contributed by atoms with Gasteiger partial charge in [0.2, 0.25) is 0 Å². The lowest BCUT2D eigenvalue weighted by Crippen LogP contribution is -2.50. The summed E-state index contributed by atoms with van der Waals surface area (Å²) in [5.41, 5.74) is 1.50. The molecule has 112 valence electrons. The molecule has 0 aromatic heterocycles. The summed E-state index contributed by atoms with van der Waals surface area (Å²) in [5.74, 6) is -0.814. The third-order valence-electron chi connectivity index (χ3n) is 4.10. The van der Waals surface area contributed by atoms with Crippen LogP contribution < -0.4 is 5.32 Å². The molecular weight excluding hydrogens is 256 g/mol. The van der Waals surface area contributed by atoms with Crippen LogP contribution in [0.2, 0.25) is 0 Å². The van der Waals surface area contributed by atoms with E-state index in [1.54, 1.807) is 4.90 Å². The summed E-state index contributed by atoms with van der Waals surface area (Å²) in [7, 11) is 0. The number of hydrogen-bond acceptors (Lipinski definition) is 2. The average Bonchev–Trinajstić information content (AvgIpc) is 3.18. The molecule has 1 saturated carbocycles. The maximum Gasteiger partial charge on any atom is 0.326 e. The SMILES string of the molecule is CC(C)(C)C1=CCN(C(=O)NC(C(=O)O)C2CC2)CC1. The Morgan fingerprint density at radius 3 is 2.45 bits per heavy atom. The zero-order chi connectivity index (χ0) is 14.9. The topological polar surface area (TPSA) is 69.6 Å². The first-order valence-electron chi connectivity index (χ1n) is 7.27. The number of nitrogens with zero attached hydrogens (tertiary/aromatic N) is 1. The second kappa shape index (κ2) is 5.46. The predicted molar refractivity (Wildman–Crippen MR) is 76.4 cm³/mol. The van der Waals surface area contributed by atoms with Gasteiger partial charge < -0.3 is 15.3 Å². The molecule has 0 spiro atoms. The van der Waals surface area contributed by atoms with Crippen molar-refractivity contribution < 1.29 is 14.7 Å².